The molecule has 5 nitrogen and oxygen atoms in total. The summed E-state index contributed by atoms with van der Waals surface area (Å²) < 4.78 is 4.93. The van der Waals surface area contributed by atoms with Crippen molar-refractivity contribution in [2.75, 3.05) is 12.8 Å². The van der Waals surface area contributed by atoms with E-state index in [4.69, 9.17) is 15.6 Å². The summed E-state index contributed by atoms with van der Waals surface area (Å²) in [4.78, 5) is 10.4. The maximum absolute atomic E-state index is 10.4. The van der Waals surface area contributed by atoms with Gasteiger partial charge < -0.3 is 20.7 Å². The van der Waals surface area contributed by atoms with Crippen LogP contribution in [0.1, 0.15) is 18.1 Å². The van der Waals surface area contributed by atoms with Gasteiger partial charge in [0.15, 0.2) is 0 Å². The molecule has 5 heteroatoms. The van der Waals surface area contributed by atoms with E-state index in [1.54, 1.807) is 18.2 Å². The second kappa shape index (κ2) is 4.65. The molecule has 1 aromatic carbocycles. The van der Waals surface area contributed by atoms with Crippen molar-refractivity contribution in [3.63, 3.8) is 0 Å². The molecule has 1 rings (SSSR count). The molecule has 4 N–H and O–H groups in total. The number of carbonyl (C=O) groups is 1. The van der Waals surface area contributed by atoms with E-state index in [1.165, 1.54) is 7.11 Å². The second-order valence-corrected chi connectivity index (χ2v) is 3.11. The normalized spacial score (nSPS) is 12.1. The van der Waals surface area contributed by atoms with Crippen LogP contribution < -0.4 is 10.5 Å². The van der Waals surface area contributed by atoms with Gasteiger partial charge in [-0.3, -0.25) is 4.79 Å². The molecule has 15 heavy (non-hydrogen) atoms. The predicted octanol–water partition coefficient (Wildman–Crippen LogP) is 0.786. The highest BCUT2D eigenvalue weighted by molar-refractivity contribution is 5.68. The quantitative estimate of drug-likeness (QED) is 0.640. The molecule has 0 heterocycles. The molecular formula is C10H13NO4. The smallest absolute Gasteiger partial charge is 0.306 e. The number of methoxy groups -OCH3 is 1. The molecule has 0 saturated carbocycles. The number of nitrogens with two attached hydrogens (primary N) is 1. The Morgan fingerprint density at radius 1 is 1.60 bits per heavy atom. The van der Waals surface area contributed by atoms with Crippen molar-refractivity contribution < 1.29 is 19.7 Å². The van der Waals surface area contributed by atoms with Crippen molar-refractivity contribution in [2.24, 2.45) is 0 Å². The fourth-order valence-corrected chi connectivity index (χ4v) is 1.26. The standard InChI is InChI=1S/C10H13NO4/c1-15-6-2-3-7(8(11)4-6)9(12)5-10(13)14/h2-4,9,12H,5,11H2,1H3,(H,13,14). The number of anilines is 1. The number of carboxylic acid groups (broad SMARTS) is 1. The van der Waals surface area contributed by atoms with Crippen LogP contribution in [0.3, 0.4) is 0 Å². The van der Waals surface area contributed by atoms with Crippen LogP contribution >= 0.6 is 0 Å². The van der Waals surface area contributed by atoms with Gasteiger partial charge >= 0.3 is 5.97 Å². The Morgan fingerprint density at radius 3 is 2.73 bits per heavy atom. The van der Waals surface area contributed by atoms with Crippen molar-refractivity contribution >= 4 is 11.7 Å². The number of hydrogen-bond acceptors (Lipinski definition) is 4. The molecule has 0 aliphatic carbocycles. The Balaban J connectivity index is 2.90. The summed E-state index contributed by atoms with van der Waals surface area (Å²) in [5.74, 6) is -0.503. The molecule has 1 atom stereocenters. The molecule has 1 aromatic rings. The lowest BCUT2D eigenvalue weighted by Crippen LogP contribution is -2.07. The van der Waals surface area contributed by atoms with E-state index in [-0.39, 0.29) is 6.42 Å². The first-order chi connectivity index (χ1) is 7.04. The van der Waals surface area contributed by atoms with Gasteiger partial charge in [0, 0.05) is 17.3 Å². The predicted molar refractivity (Wildman–Crippen MR) is 54.6 cm³/mol. The van der Waals surface area contributed by atoms with Gasteiger partial charge in [-0.1, -0.05) is 6.07 Å². The fraction of sp³-hybridized carbons (Fsp3) is 0.300. The zero-order valence-corrected chi connectivity index (χ0v) is 8.30. The van der Waals surface area contributed by atoms with Gasteiger partial charge in [0.1, 0.15) is 5.75 Å². The highest BCUT2D eigenvalue weighted by Gasteiger charge is 2.14. The lowest BCUT2D eigenvalue weighted by atomic mass is 10.0. The zero-order valence-electron chi connectivity index (χ0n) is 8.30. The maximum Gasteiger partial charge on any atom is 0.306 e. The molecule has 0 bridgehead atoms. The number of rotatable bonds is 4. The highest BCUT2D eigenvalue weighted by Crippen LogP contribution is 2.26. The topological polar surface area (TPSA) is 92.8 Å². The van der Waals surface area contributed by atoms with Gasteiger partial charge in [0.2, 0.25) is 0 Å². The molecule has 0 fully saturated rings. The summed E-state index contributed by atoms with van der Waals surface area (Å²) in [7, 11) is 1.50. The Bertz CT molecular complexity index is 364. The van der Waals surface area contributed by atoms with E-state index in [2.05, 4.69) is 0 Å². The molecule has 0 radical (unpaired) electrons. The molecule has 0 aliphatic rings. The molecule has 0 aliphatic heterocycles. The van der Waals surface area contributed by atoms with E-state index in [1.807, 2.05) is 0 Å². The number of benzene rings is 1. The van der Waals surface area contributed by atoms with Crippen molar-refractivity contribution in [1.82, 2.24) is 0 Å². The number of hydrogen-bond donors (Lipinski definition) is 3. The molecular weight excluding hydrogens is 198 g/mol. The van der Waals surface area contributed by atoms with E-state index < -0.39 is 12.1 Å². The third-order valence-electron chi connectivity index (χ3n) is 2.02. The molecule has 1 unspecified atom stereocenters. The Morgan fingerprint density at radius 2 is 2.27 bits per heavy atom. The van der Waals surface area contributed by atoms with E-state index in [9.17, 15) is 9.90 Å². The third kappa shape index (κ3) is 2.85. The minimum atomic E-state index is -1.09. The highest BCUT2D eigenvalue weighted by atomic mass is 16.5. The fourth-order valence-electron chi connectivity index (χ4n) is 1.26. The van der Waals surface area contributed by atoms with E-state index in [0.29, 0.717) is 17.0 Å². The number of aliphatic carboxylic acids is 1. The molecule has 0 amide bonds. The summed E-state index contributed by atoms with van der Waals surface area (Å²) in [5, 5.41) is 18.0. The number of aliphatic hydroxyl groups excluding tert-OH is 1. The molecule has 0 aromatic heterocycles. The zero-order chi connectivity index (χ0) is 11.4. The van der Waals surface area contributed by atoms with Crippen LogP contribution in [-0.2, 0) is 4.79 Å². The van der Waals surface area contributed by atoms with E-state index in [0.717, 1.165) is 0 Å². The molecule has 82 valence electrons. The number of nitrogen functional groups attached to an aromatic ring is 1. The summed E-state index contributed by atoms with van der Waals surface area (Å²) in [6.45, 7) is 0. The summed E-state index contributed by atoms with van der Waals surface area (Å²) in [6, 6.07) is 4.72. The maximum atomic E-state index is 10.4. The van der Waals surface area contributed by atoms with Crippen LogP contribution in [0.25, 0.3) is 0 Å². The van der Waals surface area contributed by atoms with E-state index >= 15 is 0 Å². The first kappa shape index (κ1) is 11.3. The lowest BCUT2D eigenvalue weighted by Gasteiger charge is -2.12. The van der Waals surface area contributed by atoms with Crippen molar-refractivity contribution in [3.8, 4) is 5.75 Å². The summed E-state index contributed by atoms with van der Waals surface area (Å²) in [5.41, 5.74) is 6.36. The van der Waals surface area contributed by atoms with Crippen molar-refractivity contribution in [1.29, 1.82) is 0 Å². The van der Waals surface area contributed by atoms with Crippen LogP contribution in [-0.4, -0.2) is 23.3 Å². The molecule has 0 saturated heterocycles. The Kier molecular flexibility index (Phi) is 3.51. The SMILES string of the molecule is COc1ccc(C(O)CC(=O)O)c(N)c1. The minimum Gasteiger partial charge on any atom is -0.497 e. The van der Waals surface area contributed by atoms with Crippen LogP contribution in [0, 0.1) is 0 Å². The number of carboxylic acids is 1. The first-order valence-corrected chi connectivity index (χ1v) is 4.38. The minimum absolute atomic E-state index is 0.322. The number of aliphatic hydroxyl groups is 1. The van der Waals surface area contributed by atoms with Crippen molar-refractivity contribution in [2.45, 2.75) is 12.5 Å². The van der Waals surface area contributed by atoms with Gasteiger partial charge in [0.25, 0.3) is 0 Å². The average molecular weight is 211 g/mol. The monoisotopic (exact) mass is 211 g/mol. The van der Waals surface area contributed by atoms with Crippen molar-refractivity contribution in [3.05, 3.63) is 23.8 Å². The van der Waals surface area contributed by atoms with Crippen LogP contribution in [0.2, 0.25) is 0 Å². The Labute approximate surface area is 87.1 Å². The van der Waals surface area contributed by atoms with Gasteiger partial charge in [-0.05, 0) is 6.07 Å². The lowest BCUT2D eigenvalue weighted by molar-refractivity contribution is -0.139. The molecule has 0 spiro atoms. The second-order valence-electron chi connectivity index (χ2n) is 3.11. The van der Waals surface area contributed by atoms with Gasteiger partial charge in [-0.2, -0.15) is 0 Å². The largest absolute Gasteiger partial charge is 0.497 e. The number of ether oxygens (including phenoxy) is 1. The summed E-state index contributed by atoms with van der Waals surface area (Å²) in [6.07, 6.45) is -1.45. The van der Waals surface area contributed by atoms with Gasteiger partial charge in [-0.25, -0.2) is 0 Å². The Hall–Kier alpha value is -1.75. The van der Waals surface area contributed by atoms with Crippen LogP contribution in [0.15, 0.2) is 18.2 Å². The van der Waals surface area contributed by atoms with Crippen LogP contribution in [0.5, 0.6) is 5.75 Å². The average Bonchev–Trinajstić information content (AvgIpc) is 2.16. The van der Waals surface area contributed by atoms with Crippen LogP contribution in [0.4, 0.5) is 5.69 Å². The summed E-state index contributed by atoms with van der Waals surface area (Å²) >= 11 is 0. The third-order valence-corrected chi connectivity index (χ3v) is 2.02. The van der Waals surface area contributed by atoms with Gasteiger partial charge in [0.05, 0.1) is 19.6 Å². The first-order valence-electron chi connectivity index (χ1n) is 4.38. The van der Waals surface area contributed by atoms with Gasteiger partial charge in [-0.15, -0.1) is 0 Å².